The average Bonchev–Trinajstić information content (AvgIpc) is 2.90. The maximum absolute atomic E-state index is 12.0. The van der Waals surface area contributed by atoms with Crippen LogP contribution in [0.25, 0.3) is 0 Å². The summed E-state index contributed by atoms with van der Waals surface area (Å²) in [6.45, 7) is 8.52. The molecule has 0 aromatic heterocycles. The average molecular weight is 273 g/mol. The van der Waals surface area contributed by atoms with E-state index in [1.807, 2.05) is 13.8 Å². The van der Waals surface area contributed by atoms with E-state index in [1.54, 1.807) is 0 Å². The fraction of sp³-hybridized carbons (Fsp3) is 0.929. The van der Waals surface area contributed by atoms with E-state index in [9.17, 15) is 4.79 Å². The van der Waals surface area contributed by atoms with Crippen molar-refractivity contribution in [1.82, 2.24) is 5.32 Å². The van der Waals surface area contributed by atoms with Crippen LogP contribution < -0.4 is 5.32 Å². The molecule has 1 saturated heterocycles. The summed E-state index contributed by atoms with van der Waals surface area (Å²) in [5.41, 5.74) is -0.773. The maximum atomic E-state index is 12.0. The molecule has 19 heavy (non-hydrogen) atoms. The lowest BCUT2D eigenvalue weighted by molar-refractivity contribution is -0.153. The van der Waals surface area contributed by atoms with Gasteiger partial charge in [-0.05, 0) is 39.7 Å². The SMILES string of the molecule is CCCNC(C)(COCC1CCCO1)C(=O)OCC. The Kier molecular flexibility index (Phi) is 7.34. The van der Waals surface area contributed by atoms with Crippen molar-refractivity contribution < 1.29 is 19.0 Å². The summed E-state index contributed by atoms with van der Waals surface area (Å²) in [7, 11) is 0. The fourth-order valence-corrected chi connectivity index (χ4v) is 2.04. The van der Waals surface area contributed by atoms with Crippen LogP contribution in [0.3, 0.4) is 0 Å². The lowest BCUT2D eigenvalue weighted by Crippen LogP contribution is -2.54. The molecule has 0 aromatic carbocycles. The Labute approximate surface area is 116 Å². The van der Waals surface area contributed by atoms with Crippen LogP contribution in [0.15, 0.2) is 0 Å². The predicted molar refractivity (Wildman–Crippen MR) is 73.1 cm³/mol. The van der Waals surface area contributed by atoms with Crippen molar-refractivity contribution in [3.05, 3.63) is 0 Å². The zero-order chi connectivity index (χ0) is 14.1. The molecule has 112 valence electrons. The molecule has 0 aromatic rings. The Morgan fingerprint density at radius 1 is 1.47 bits per heavy atom. The third kappa shape index (κ3) is 5.47. The van der Waals surface area contributed by atoms with E-state index in [0.717, 1.165) is 32.4 Å². The van der Waals surface area contributed by atoms with Crippen molar-refractivity contribution >= 4 is 5.97 Å². The highest BCUT2D eigenvalue weighted by molar-refractivity contribution is 5.80. The highest BCUT2D eigenvalue weighted by Gasteiger charge is 2.34. The number of ether oxygens (including phenoxy) is 3. The van der Waals surface area contributed by atoms with Crippen LogP contribution in [0.4, 0.5) is 0 Å². The summed E-state index contributed by atoms with van der Waals surface area (Å²) in [5, 5.41) is 3.22. The molecule has 1 aliphatic rings. The van der Waals surface area contributed by atoms with Gasteiger partial charge in [0.1, 0.15) is 5.54 Å². The zero-order valence-corrected chi connectivity index (χ0v) is 12.4. The quantitative estimate of drug-likeness (QED) is 0.645. The van der Waals surface area contributed by atoms with Crippen molar-refractivity contribution in [3.8, 4) is 0 Å². The Balaban J connectivity index is 2.40. The monoisotopic (exact) mass is 273 g/mol. The molecule has 1 rings (SSSR count). The summed E-state index contributed by atoms with van der Waals surface area (Å²) in [6, 6.07) is 0. The first-order valence-electron chi connectivity index (χ1n) is 7.24. The summed E-state index contributed by atoms with van der Waals surface area (Å²) >= 11 is 0. The normalized spacial score (nSPS) is 22.2. The van der Waals surface area contributed by atoms with E-state index in [-0.39, 0.29) is 12.1 Å². The summed E-state index contributed by atoms with van der Waals surface area (Å²) in [4.78, 5) is 12.0. The number of esters is 1. The molecular weight excluding hydrogens is 246 g/mol. The van der Waals surface area contributed by atoms with E-state index in [1.165, 1.54) is 0 Å². The van der Waals surface area contributed by atoms with Crippen LogP contribution in [-0.4, -0.2) is 50.6 Å². The Morgan fingerprint density at radius 2 is 2.26 bits per heavy atom. The van der Waals surface area contributed by atoms with Gasteiger partial charge in [0.25, 0.3) is 0 Å². The minimum atomic E-state index is -0.773. The third-order valence-electron chi connectivity index (χ3n) is 3.21. The molecule has 0 amide bonds. The van der Waals surface area contributed by atoms with Gasteiger partial charge in [-0.25, -0.2) is 4.79 Å². The lowest BCUT2D eigenvalue weighted by atomic mass is 10.0. The molecule has 0 saturated carbocycles. The minimum absolute atomic E-state index is 0.178. The van der Waals surface area contributed by atoms with Gasteiger partial charge in [0, 0.05) is 6.61 Å². The lowest BCUT2D eigenvalue weighted by Gasteiger charge is -2.28. The van der Waals surface area contributed by atoms with Gasteiger partial charge < -0.3 is 19.5 Å². The van der Waals surface area contributed by atoms with Gasteiger partial charge in [-0.1, -0.05) is 6.92 Å². The van der Waals surface area contributed by atoms with E-state index in [4.69, 9.17) is 14.2 Å². The van der Waals surface area contributed by atoms with Crippen molar-refractivity contribution in [2.75, 3.05) is 33.0 Å². The van der Waals surface area contributed by atoms with Crippen molar-refractivity contribution in [3.63, 3.8) is 0 Å². The van der Waals surface area contributed by atoms with Gasteiger partial charge in [0.2, 0.25) is 0 Å². The third-order valence-corrected chi connectivity index (χ3v) is 3.21. The van der Waals surface area contributed by atoms with Crippen molar-refractivity contribution in [2.24, 2.45) is 0 Å². The molecule has 1 fully saturated rings. The van der Waals surface area contributed by atoms with Crippen LogP contribution in [-0.2, 0) is 19.0 Å². The summed E-state index contributed by atoms with van der Waals surface area (Å²) in [6.07, 6.45) is 3.27. The number of hydrogen-bond acceptors (Lipinski definition) is 5. The first kappa shape index (κ1) is 16.4. The molecule has 1 heterocycles. The Hall–Kier alpha value is -0.650. The second-order valence-corrected chi connectivity index (χ2v) is 5.13. The number of rotatable bonds is 9. The highest BCUT2D eigenvalue weighted by atomic mass is 16.5. The number of hydrogen-bond donors (Lipinski definition) is 1. The molecule has 0 radical (unpaired) electrons. The molecule has 5 nitrogen and oxygen atoms in total. The van der Waals surface area contributed by atoms with Gasteiger partial charge in [-0.3, -0.25) is 0 Å². The fourth-order valence-electron chi connectivity index (χ4n) is 2.04. The van der Waals surface area contributed by atoms with Crippen LogP contribution in [0.5, 0.6) is 0 Å². The minimum Gasteiger partial charge on any atom is -0.465 e. The Bertz CT molecular complexity index is 266. The summed E-state index contributed by atoms with van der Waals surface area (Å²) < 4.78 is 16.3. The van der Waals surface area contributed by atoms with Gasteiger partial charge in [0.05, 0.1) is 25.9 Å². The first-order chi connectivity index (χ1) is 9.12. The molecule has 0 spiro atoms. The van der Waals surface area contributed by atoms with Crippen molar-refractivity contribution in [2.45, 2.75) is 51.7 Å². The van der Waals surface area contributed by atoms with E-state index >= 15 is 0 Å². The van der Waals surface area contributed by atoms with Crippen molar-refractivity contribution in [1.29, 1.82) is 0 Å². The van der Waals surface area contributed by atoms with Crippen LogP contribution in [0.1, 0.15) is 40.0 Å². The predicted octanol–water partition coefficient (Wildman–Crippen LogP) is 1.50. The van der Waals surface area contributed by atoms with Gasteiger partial charge in [-0.2, -0.15) is 0 Å². The smallest absolute Gasteiger partial charge is 0.328 e. The molecule has 1 N–H and O–H groups in total. The molecule has 2 atom stereocenters. The summed E-state index contributed by atoms with van der Waals surface area (Å²) in [5.74, 6) is -0.254. The maximum Gasteiger partial charge on any atom is 0.328 e. The van der Waals surface area contributed by atoms with Crippen LogP contribution in [0.2, 0.25) is 0 Å². The molecule has 0 bridgehead atoms. The molecule has 5 heteroatoms. The van der Waals surface area contributed by atoms with Crippen LogP contribution in [0, 0.1) is 0 Å². The largest absolute Gasteiger partial charge is 0.465 e. The Morgan fingerprint density at radius 3 is 2.84 bits per heavy atom. The molecular formula is C14H27NO4. The number of carbonyl (C=O) groups excluding carboxylic acids is 1. The highest BCUT2D eigenvalue weighted by Crippen LogP contribution is 2.14. The van der Waals surface area contributed by atoms with Gasteiger partial charge in [0.15, 0.2) is 0 Å². The number of carbonyl (C=O) groups is 1. The van der Waals surface area contributed by atoms with Crippen LogP contribution >= 0.6 is 0 Å². The molecule has 1 aliphatic heterocycles. The van der Waals surface area contributed by atoms with E-state index in [2.05, 4.69) is 12.2 Å². The van der Waals surface area contributed by atoms with E-state index in [0.29, 0.717) is 19.8 Å². The first-order valence-corrected chi connectivity index (χ1v) is 7.24. The molecule has 0 aliphatic carbocycles. The standard InChI is InChI=1S/C14H27NO4/c1-4-8-15-14(3,13(16)18-5-2)11-17-10-12-7-6-9-19-12/h12,15H,4-11H2,1-3H3. The van der Waals surface area contributed by atoms with Gasteiger partial charge in [-0.15, -0.1) is 0 Å². The van der Waals surface area contributed by atoms with Gasteiger partial charge >= 0.3 is 5.97 Å². The second-order valence-electron chi connectivity index (χ2n) is 5.13. The van der Waals surface area contributed by atoms with E-state index < -0.39 is 5.54 Å². The second kappa shape index (κ2) is 8.51. The molecule has 2 unspecified atom stereocenters. The number of nitrogens with one attached hydrogen (secondary N) is 1. The topological polar surface area (TPSA) is 56.8 Å². The zero-order valence-electron chi connectivity index (χ0n) is 12.4.